The quantitative estimate of drug-likeness (QED) is 0.596. The molecule has 7 aliphatic rings. The van der Waals surface area contributed by atoms with E-state index in [0.717, 1.165) is 6.29 Å². The summed E-state index contributed by atoms with van der Waals surface area (Å²) in [5, 5.41) is 24.1. The third-order valence-corrected chi connectivity index (χ3v) is 10.8. The summed E-state index contributed by atoms with van der Waals surface area (Å²) in [6, 6.07) is 2.93. The van der Waals surface area contributed by atoms with Crippen molar-refractivity contribution in [1.29, 1.82) is 0 Å². The monoisotopic (exact) mass is 486 g/mol. The van der Waals surface area contributed by atoms with Gasteiger partial charge in [0.15, 0.2) is 5.78 Å². The zero-order valence-corrected chi connectivity index (χ0v) is 19.8. The first-order valence-electron chi connectivity index (χ1n) is 12.6. The molecule has 0 aromatic carbocycles. The van der Waals surface area contributed by atoms with Crippen LogP contribution in [0.3, 0.4) is 0 Å². The van der Waals surface area contributed by atoms with Gasteiger partial charge in [-0.2, -0.15) is 0 Å². The number of hydrogen-bond donors (Lipinski definition) is 2. The third-order valence-electron chi connectivity index (χ3n) is 10.8. The zero-order chi connectivity index (χ0) is 24.6. The molecule has 35 heavy (non-hydrogen) atoms. The molecule has 9 heteroatoms. The molecule has 4 aliphatic carbocycles. The van der Waals surface area contributed by atoms with Crippen LogP contribution in [0.15, 0.2) is 27.6 Å². The van der Waals surface area contributed by atoms with Crippen molar-refractivity contribution in [2.24, 2.45) is 22.7 Å². The van der Waals surface area contributed by atoms with Gasteiger partial charge in [0.2, 0.25) is 0 Å². The van der Waals surface area contributed by atoms with Crippen LogP contribution >= 0.6 is 0 Å². The average molecular weight is 487 g/mol. The van der Waals surface area contributed by atoms with E-state index in [1.807, 2.05) is 0 Å². The summed E-state index contributed by atoms with van der Waals surface area (Å²) in [7, 11) is 0. The van der Waals surface area contributed by atoms with E-state index in [1.54, 1.807) is 19.9 Å². The van der Waals surface area contributed by atoms with Gasteiger partial charge in [-0.3, -0.25) is 4.79 Å². The van der Waals surface area contributed by atoms with E-state index >= 15 is 0 Å². The molecule has 11 atom stereocenters. The highest BCUT2D eigenvalue weighted by molar-refractivity contribution is 5.93. The maximum absolute atomic E-state index is 14.1. The Kier molecular flexibility index (Phi) is 4.14. The minimum Gasteiger partial charge on any atom is -0.431 e. The van der Waals surface area contributed by atoms with Crippen molar-refractivity contribution in [2.45, 2.75) is 93.8 Å². The molecule has 2 N–H and O–H groups in total. The van der Waals surface area contributed by atoms with Gasteiger partial charge in [-0.05, 0) is 50.2 Å². The summed E-state index contributed by atoms with van der Waals surface area (Å²) >= 11 is 0. The van der Waals surface area contributed by atoms with Gasteiger partial charge in [0.25, 0.3) is 5.97 Å². The van der Waals surface area contributed by atoms with Crippen molar-refractivity contribution >= 4 is 12.1 Å². The Bertz CT molecular complexity index is 1180. The van der Waals surface area contributed by atoms with Gasteiger partial charge in [0.05, 0.1) is 40.5 Å². The van der Waals surface area contributed by atoms with E-state index in [2.05, 4.69) is 0 Å². The van der Waals surface area contributed by atoms with Crippen LogP contribution in [0.25, 0.3) is 0 Å². The largest absolute Gasteiger partial charge is 0.431 e. The highest BCUT2D eigenvalue weighted by Crippen LogP contribution is 2.73. The van der Waals surface area contributed by atoms with Gasteiger partial charge in [-0.1, -0.05) is 0 Å². The minimum absolute atomic E-state index is 0.120. The number of carbonyl (C=O) groups is 2. The summed E-state index contributed by atoms with van der Waals surface area (Å²) in [5.74, 6) is -3.50. The number of fused-ring (bicyclic) bond motifs is 3. The molecule has 9 nitrogen and oxygen atoms in total. The van der Waals surface area contributed by atoms with E-state index in [4.69, 9.17) is 18.6 Å². The van der Waals surface area contributed by atoms with Crippen molar-refractivity contribution in [2.75, 3.05) is 0 Å². The first-order valence-corrected chi connectivity index (χ1v) is 12.6. The average Bonchev–Trinajstić information content (AvgIpc) is 3.09. The molecule has 3 aliphatic heterocycles. The second-order valence-corrected chi connectivity index (χ2v) is 11.9. The van der Waals surface area contributed by atoms with Gasteiger partial charge < -0.3 is 33.6 Å². The van der Waals surface area contributed by atoms with E-state index in [0.29, 0.717) is 44.1 Å². The molecule has 0 amide bonds. The molecule has 4 saturated carbocycles. The molecule has 0 radical (unpaired) electrons. The Balaban J connectivity index is 1.37. The van der Waals surface area contributed by atoms with E-state index in [9.17, 15) is 24.6 Å². The standard InChI is InChI=1S/C26H30O9/c1-22-15(13-3-4-18(28)32-11-13)6-8-26(22,31)16-5-7-24-10-14-9-17(34-23(2,33-14)35-24)25(24,12-27)19(16)20(29)21(22)30/h3-4,11-12,14-17,19-20,29,31H,5-10H2,1-2H3/t14-,15+,16+,17+,19+,20-,22-,23+,24-,25+,26-/m0/s1. The van der Waals surface area contributed by atoms with Crippen molar-refractivity contribution in [3.8, 4) is 0 Å². The predicted molar refractivity (Wildman–Crippen MR) is 117 cm³/mol. The number of Topliss-reactive ketones (excluding diaryl/α,β-unsaturated/α-hetero) is 1. The summed E-state index contributed by atoms with van der Waals surface area (Å²) in [5.41, 5.74) is -4.77. The van der Waals surface area contributed by atoms with E-state index in [1.165, 1.54) is 12.3 Å². The summed E-state index contributed by atoms with van der Waals surface area (Å²) in [6.07, 6.45) is 2.83. The number of aldehydes is 1. The third kappa shape index (κ3) is 2.31. The summed E-state index contributed by atoms with van der Waals surface area (Å²) in [6.45, 7) is 3.43. The summed E-state index contributed by atoms with van der Waals surface area (Å²) in [4.78, 5) is 38.7. The lowest BCUT2D eigenvalue weighted by atomic mass is 9.39. The van der Waals surface area contributed by atoms with Gasteiger partial charge in [0.1, 0.15) is 12.4 Å². The molecular weight excluding hydrogens is 456 g/mol. The van der Waals surface area contributed by atoms with Crippen LogP contribution in [0.2, 0.25) is 0 Å². The normalized spacial score (nSPS) is 55.8. The van der Waals surface area contributed by atoms with Gasteiger partial charge >= 0.3 is 5.63 Å². The molecule has 1 aromatic heterocycles. The van der Waals surface area contributed by atoms with Gasteiger partial charge in [-0.25, -0.2) is 4.79 Å². The number of ether oxygens (including phenoxy) is 3. The van der Waals surface area contributed by atoms with Crippen LogP contribution in [-0.2, 0) is 23.8 Å². The number of carbonyl (C=O) groups excluding carboxylic acids is 2. The van der Waals surface area contributed by atoms with Crippen LogP contribution in [-0.4, -0.2) is 57.8 Å². The molecule has 1 spiro atoms. The number of aliphatic hydroxyl groups excluding tert-OH is 1. The van der Waals surface area contributed by atoms with Crippen molar-refractivity contribution in [3.63, 3.8) is 0 Å². The molecule has 3 saturated heterocycles. The first-order chi connectivity index (χ1) is 16.5. The fourth-order valence-electron chi connectivity index (χ4n) is 9.49. The van der Waals surface area contributed by atoms with Crippen molar-refractivity contribution in [1.82, 2.24) is 0 Å². The van der Waals surface area contributed by atoms with E-state index in [-0.39, 0.29) is 6.10 Å². The summed E-state index contributed by atoms with van der Waals surface area (Å²) < 4.78 is 23.5. The predicted octanol–water partition coefficient (Wildman–Crippen LogP) is 1.43. The Hall–Kier alpha value is -1.91. The van der Waals surface area contributed by atoms with Gasteiger partial charge in [0, 0.05) is 37.7 Å². The molecule has 1 aromatic rings. The van der Waals surface area contributed by atoms with Crippen LogP contribution in [0.4, 0.5) is 0 Å². The molecule has 4 bridgehead atoms. The van der Waals surface area contributed by atoms with E-state index < -0.39 is 69.4 Å². The molecule has 8 rings (SSSR count). The molecule has 188 valence electrons. The SMILES string of the molecule is C[C@@]12O[C@H]3C[C@@H](O1)[C@]1(C=O)[C@H]4[C@H](O)C(=O)[C@]5(C)[C@@H](c6ccc(=O)oc6)CC[C@]5(O)[C@@H]4CC[C@@]1(C3)O2. The van der Waals surface area contributed by atoms with Crippen LogP contribution < -0.4 is 5.63 Å². The lowest BCUT2D eigenvalue weighted by molar-refractivity contribution is -0.542. The Morgan fingerprint density at radius 3 is 2.60 bits per heavy atom. The van der Waals surface area contributed by atoms with Crippen LogP contribution in [0, 0.1) is 22.7 Å². The highest BCUT2D eigenvalue weighted by atomic mass is 16.9. The van der Waals surface area contributed by atoms with Crippen LogP contribution in [0.5, 0.6) is 0 Å². The maximum Gasteiger partial charge on any atom is 0.335 e. The zero-order valence-electron chi connectivity index (χ0n) is 19.8. The second-order valence-electron chi connectivity index (χ2n) is 11.9. The number of aliphatic hydroxyl groups is 2. The molecule has 0 unspecified atom stereocenters. The maximum atomic E-state index is 14.1. The smallest absolute Gasteiger partial charge is 0.335 e. The minimum atomic E-state index is -1.47. The van der Waals surface area contributed by atoms with Crippen LogP contribution in [0.1, 0.15) is 63.9 Å². The molecule has 7 fully saturated rings. The fraction of sp³-hybridized carbons (Fsp3) is 0.731. The Morgan fingerprint density at radius 1 is 1.11 bits per heavy atom. The first kappa shape index (κ1) is 22.3. The van der Waals surface area contributed by atoms with Crippen molar-refractivity contribution < 1.29 is 38.4 Å². The van der Waals surface area contributed by atoms with Gasteiger partial charge in [-0.15, -0.1) is 0 Å². The Labute approximate surface area is 201 Å². The lowest BCUT2D eigenvalue weighted by Gasteiger charge is -2.73. The topological polar surface area (TPSA) is 132 Å². The highest BCUT2D eigenvalue weighted by Gasteiger charge is 2.82. The molecular formula is C26H30O9. The van der Waals surface area contributed by atoms with Crippen molar-refractivity contribution in [3.05, 3.63) is 34.4 Å². The number of rotatable bonds is 2. The number of ketones is 1. The lowest BCUT2D eigenvalue weighted by Crippen LogP contribution is -2.83. The Morgan fingerprint density at radius 2 is 1.91 bits per heavy atom. The number of hydrogen-bond acceptors (Lipinski definition) is 9. The fourth-order valence-corrected chi connectivity index (χ4v) is 9.49. The second kappa shape index (κ2) is 6.50. The molecule has 4 heterocycles.